The van der Waals surface area contributed by atoms with Gasteiger partial charge in [0.05, 0.1) is 0 Å². The molecule has 1 aromatic heterocycles. The monoisotopic (exact) mass is 351 g/mol. The molecule has 130 valence electrons. The molecule has 0 bridgehead atoms. The molecule has 3 aromatic rings. The summed E-state index contributed by atoms with van der Waals surface area (Å²) < 4.78 is 2.60. The molecule has 0 aliphatic rings. The molecule has 0 spiro atoms. The summed E-state index contributed by atoms with van der Waals surface area (Å²) in [6.45, 7) is 11.0. The summed E-state index contributed by atoms with van der Waals surface area (Å²) in [6, 6.07) is 17.1. The maximum atomic E-state index is 5.47. The maximum Gasteiger partial charge on any atom is 0.200 e. The van der Waals surface area contributed by atoms with Gasteiger partial charge in [-0.05, 0) is 46.8 Å². The SMILES string of the molecule is CC(C)c1ccc(-n2c(-c3ccc(C(C)(C)C)cc3)n[nH]c2=S)cc1. The third-order valence-electron chi connectivity index (χ3n) is 4.50. The molecular formula is C21H25N3S. The van der Waals surface area contributed by atoms with Gasteiger partial charge in [-0.15, -0.1) is 0 Å². The standard InChI is InChI=1S/C21H25N3S/c1-14(2)15-8-12-18(13-9-15)24-19(22-23-20(24)25)16-6-10-17(11-7-16)21(3,4)5/h6-14H,1-5H3,(H,23,25). The first-order valence-corrected chi connectivity index (χ1v) is 9.07. The van der Waals surface area contributed by atoms with Gasteiger partial charge in [0.15, 0.2) is 10.6 Å². The van der Waals surface area contributed by atoms with Crippen LogP contribution in [0.5, 0.6) is 0 Å². The van der Waals surface area contributed by atoms with Crippen LogP contribution in [0.2, 0.25) is 0 Å². The lowest BCUT2D eigenvalue weighted by Gasteiger charge is -2.19. The lowest BCUT2D eigenvalue weighted by Crippen LogP contribution is -2.10. The van der Waals surface area contributed by atoms with Crippen molar-refractivity contribution in [1.29, 1.82) is 0 Å². The van der Waals surface area contributed by atoms with Crippen molar-refractivity contribution in [2.45, 2.75) is 46.0 Å². The summed E-state index contributed by atoms with van der Waals surface area (Å²) in [5.41, 5.74) is 4.83. The summed E-state index contributed by atoms with van der Waals surface area (Å²) in [4.78, 5) is 0. The Morgan fingerprint density at radius 1 is 0.960 bits per heavy atom. The largest absolute Gasteiger partial charge is 0.268 e. The second kappa shape index (κ2) is 6.60. The molecular weight excluding hydrogens is 326 g/mol. The summed E-state index contributed by atoms with van der Waals surface area (Å²) in [5, 5.41) is 7.39. The Kier molecular flexibility index (Phi) is 4.65. The van der Waals surface area contributed by atoms with Gasteiger partial charge in [0, 0.05) is 11.3 Å². The van der Waals surface area contributed by atoms with E-state index in [0.29, 0.717) is 10.7 Å². The second-order valence-electron chi connectivity index (χ2n) is 7.76. The van der Waals surface area contributed by atoms with Crippen LogP contribution in [-0.4, -0.2) is 14.8 Å². The van der Waals surface area contributed by atoms with E-state index in [9.17, 15) is 0 Å². The second-order valence-corrected chi connectivity index (χ2v) is 8.15. The molecule has 0 saturated heterocycles. The quantitative estimate of drug-likeness (QED) is 0.586. The topological polar surface area (TPSA) is 33.6 Å². The van der Waals surface area contributed by atoms with E-state index in [4.69, 9.17) is 12.2 Å². The van der Waals surface area contributed by atoms with Crippen LogP contribution in [0.4, 0.5) is 0 Å². The van der Waals surface area contributed by atoms with Crippen molar-refractivity contribution in [3.8, 4) is 17.1 Å². The van der Waals surface area contributed by atoms with Crippen molar-refractivity contribution < 1.29 is 0 Å². The Bertz CT molecular complexity index is 908. The van der Waals surface area contributed by atoms with Crippen LogP contribution in [0.1, 0.15) is 51.7 Å². The predicted molar refractivity (Wildman–Crippen MR) is 107 cm³/mol. The predicted octanol–water partition coefficient (Wildman–Crippen LogP) is 6.02. The molecule has 3 rings (SSSR count). The molecule has 2 aromatic carbocycles. The third-order valence-corrected chi connectivity index (χ3v) is 4.77. The zero-order valence-corrected chi connectivity index (χ0v) is 16.3. The van der Waals surface area contributed by atoms with Gasteiger partial charge in [-0.2, -0.15) is 5.10 Å². The molecule has 1 heterocycles. The van der Waals surface area contributed by atoms with Crippen molar-refractivity contribution in [1.82, 2.24) is 14.8 Å². The van der Waals surface area contributed by atoms with Crippen molar-refractivity contribution >= 4 is 12.2 Å². The number of nitrogens with one attached hydrogen (secondary N) is 1. The molecule has 0 fully saturated rings. The molecule has 0 saturated carbocycles. The van der Waals surface area contributed by atoms with Gasteiger partial charge < -0.3 is 0 Å². The molecule has 0 aliphatic heterocycles. The van der Waals surface area contributed by atoms with Crippen LogP contribution in [0.15, 0.2) is 48.5 Å². The fourth-order valence-electron chi connectivity index (χ4n) is 2.86. The average molecular weight is 352 g/mol. The molecule has 0 amide bonds. The van der Waals surface area contributed by atoms with E-state index in [-0.39, 0.29) is 5.41 Å². The van der Waals surface area contributed by atoms with E-state index in [1.165, 1.54) is 11.1 Å². The minimum absolute atomic E-state index is 0.135. The Balaban J connectivity index is 2.04. The van der Waals surface area contributed by atoms with E-state index in [0.717, 1.165) is 17.1 Å². The van der Waals surface area contributed by atoms with Crippen LogP contribution in [-0.2, 0) is 5.41 Å². The van der Waals surface area contributed by atoms with Crippen molar-refractivity contribution in [2.75, 3.05) is 0 Å². The normalized spacial score (nSPS) is 11.9. The number of hydrogen-bond donors (Lipinski definition) is 1. The van der Waals surface area contributed by atoms with Crippen molar-refractivity contribution in [2.24, 2.45) is 0 Å². The Hall–Kier alpha value is -2.20. The lowest BCUT2D eigenvalue weighted by atomic mass is 9.87. The van der Waals surface area contributed by atoms with Crippen molar-refractivity contribution in [3.63, 3.8) is 0 Å². The van der Waals surface area contributed by atoms with Crippen LogP contribution in [0.3, 0.4) is 0 Å². The number of aromatic nitrogens is 3. The van der Waals surface area contributed by atoms with Gasteiger partial charge in [0.1, 0.15) is 0 Å². The fourth-order valence-corrected chi connectivity index (χ4v) is 3.10. The van der Waals surface area contributed by atoms with Crippen LogP contribution in [0.25, 0.3) is 17.1 Å². The summed E-state index contributed by atoms with van der Waals surface area (Å²) in [5.74, 6) is 1.35. The number of hydrogen-bond acceptors (Lipinski definition) is 2. The smallest absolute Gasteiger partial charge is 0.200 e. The van der Waals surface area contributed by atoms with E-state index >= 15 is 0 Å². The molecule has 25 heavy (non-hydrogen) atoms. The fraction of sp³-hybridized carbons (Fsp3) is 0.333. The Morgan fingerprint density at radius 3 is 2.08 bits per heavy atom. The van der Waals surface area contributed by atoms with E-state index in [1.807, 2.05) is 4.57 Å². The first-order valence-electron chi connectivity index (χ1n) is 8.66. The van der Waals surface area contributed by atoms with E-state index in [1.54, 1.807) is 0 Å². The highest BCUT2D eigenvalue weighted by molar-refractivity contribution is 7.71. The molecule has 0 aliphatic carbocycles. The summed E-state index contributed by atoms with van der Waals surface area (Å²) in [6.07, 6.45) is 0. The first-order chi connectivity index (χ1) is 11.8. The van der Waals surface area contributed by atoms with Crippen LogP contribution < -0.4 is 0 Å². The molecule has 1 N–H and O–H groups in total. The van der Waals surface area contributed by atoms with Gasteiger partial charge in [-0.25, -0.2) is 0 Å². The number of nitrogens with zero attached hydrogens (tertiary/aromatic N) is 2. The van der Waals surface area contributed by atoms with Gasteiger partial charge in [-0.1, -0.05) is 71.0 Å². The zero-order valence-electron chi connectivity index (χ0n) is 15.5. The number of aromatic amines is 1. The third kappa shape index (κ3) is 3.59. The summed E-state index contributed by atoms with van der Waals surface area (Å²) in [7, 11) is 0. The lowest BCUT2D eigenvalue weighted by molar-refractivity contribution is 0.590. The number of H-pyrrole nitrogens is 1. The van der Waals surface area contributed by atoms with Gasteiger partial charge in [0.2, 0.25) is 0 Å². The minimum atomic E-state index is 0.135. The highest BCUT2D eigenvalue weighted by atomic mass is 32.1. The van der Waals surface area contributed by atoms with Gasteiger partial charge in [-0.3, -0.25) is 9.67 Å². The van der Waals surface area contributed by atoms with Crippen LogP contribution >= 0.6 is 12.2 Å². The molecule has 0 radical (unpaired) electrons. The molecule has 0 unspecified atom stereocenters. The molecule has 3 nitrogen and oxygen atoms in total. The molecule has 0 atom stereocenters. The minimum Gasteiger partial charge on any atom is -0.268 e. The highest BCUT2D eigenvalue weighted by Gasteiger charge is 2.15. The zero-order chi connectivity index (χ0) is 18.2. The molecule has 4 heteroatoms. The summed E-state index contributed by atoms with van der Waals surface area (Å²) >= 11 is 5.47. The highest BCUT2D eigenvalue weighted by Crippen LogP contribution is 2.27. The van der Waals surface area contributed by atoms with E-state index < -0.39 is 0 Å². The number of benzene rings is 2. The van der Waals surface area contributed by atoms with Gasteiger partial charge in [0.25, 0.3) is 0 Å². The van der Waals surface area contributed by atoms with E-state index in [2.05, 4.69) is 93.3 Å². The maximum absolute atomic E-state index is 5.47. The van der Waals surface area contributed by atoms with Gasteiger partial charge >= 0.3 is 0 Å². The van der Waals surface area contributed by atoms with Crippen molar-refractivity contribution in [3.05, 3.63) is 64.4 Å². The Labute approximate surface area is 154 Å². The Morgan fingerprint density at radius 2 is 1.56 bits per heavy atom. The average Bonchev–Trinajstić information content (AvgIpc) is 2.96. The number of rotatable bonds is 3. The van der Waals surface area contributed by atoms with Crippen LogP contribution in [0, 0.1) is 4.77 Å². The first kappa shape index (κ1) is 17.6.